The Morgan fingerprint density at radius 3 is 2.44 bits per heavy atom. The van der Waals surface area contributed by atoms with Gasteiger partial charge in [-0.05, 0) is 0 Å². The Bertz CT molecular complexity index is 162. The van der Waals surface area contributed by atoms with E-state index in [4.69, 9.17) is 0 Å². The molecule has 0 bridgehead atoms. The molecule has 1 amide bonds. The van der Waals surface area contributed by atoms with Gasteiger partial charge in [0.2, 0.25) is 5.91 Å². The van der Waals surface area contributed by atoms with Crippen LogP contribution in [0.1, 0.15) is 0 Å². The van der Waals surface area contributed by atoms with Crippen LogP contribution in [0.4, 0.5) is 0 Å². The van der Waals surface area contributed by atoms with E-state index in [0.29, 0.717) is 0 Å². The van der Waals surface area contributed by atoms with Crippen molar-refractivity contribution in [1.82, 2.24) is 3.53 Å². The Hall–Kier alpha value is -0.320. The summed E-state index contributed by atoms with van der Waals surface area (Å²) in [5, 5.41) is 0. The molecule has 0 heterocycles. The van der Waals surface area contributed by atoms with E-state index in [1.807, 2.05) is 47.2 Å². The van der Waals surface area contributed by atoms with Crippen LogP contribution in [0.5, 0.6) is 0 Å². The van der Waals surface area contributed by atoms with Gasteiger partial charge in [0.1, 0.15) is 0 Å². The molecule has 1 N–H and O–H groups in total. The van der Waals surface area contributed by atoms with Crippen LogP contribution in [0.3, 0.4) is 0 Å². The van der Waals surface area contributed by atoms with Crippen LogP contribution < -0.4 is 3.53 Å². The molecule has 0 atom stereocenters. The first-order chi connectivity index (χ1) is 4.34. The van der Waals surface area contributed by atoms with Crippen molar-refractivity contribution in [3.8, 4) is 0 Å². The molecule has 0 spiro atoms. The Kier molecular flexibility index (Phi) is 2.27. The minimum absolute atomic E-state index is 0.0399. The molecule has 9 heavy (non-hydrogen) atoms. The highest BCUT2D eigenvalue weighted by atomic mass is 127. The van der Waals surface area contributed by atoms with Gasteiger partial charge in [0, 0.05) is 0 Å². The van der Waals surface area contributed by atoms with Crippen molar-refractivity contribution < 1.29 is 4.79 Å². The van der Waals surface area contributed by atoms with E-state index in [-0.39, 0.29) is 11.8 Å². The van der Waals surface area contributed by atoms with E-state index in [2.05, 4.69) is 3.53 Å². The number of hydrogen-bond donors (Lipinski definition) is 1. The molecule has 2 nitrogen and oxygen atoms in total. The maximum absolute atomic E-state index is 10.8. The van der Waals surface area contributed by atoms with Crippen LogP contribution in [-0.2, 0) is 4.79 Å². The zero-order valence-electron chi connectivity index (χ0n) is 4.67. The van der Waals surface area contributed by atoms with Crippen LogP contribution in [0.25, 0.3) is 0 Å². The van der Waals surface area contributed by atoms with Crippen molar-refractivity contribution in [2.75, 3.05) is 0 Å². The summed E-state index contributed by atoms with van der Waals surface area (Å²) in [6, 6.07) is 0. The highest BCUT2D eigenvalue weighted by Gasteiger charge is 2.11. The van der Waals surface area contributed by atoms with Gasteiger partial charge in [-0.3, -0.25) is 8.32 Å². The Labute approximate surface area is 67.5 Å². The molecule has 0 unspecified atom stereocenters. The normalized spacial score (nSPS) is 16.6. The molecular formula is C6H6INO. The number of halogens is 1. The van der Waals surface area contributed by atoms with E-state index in [9.17, 15) is 4.79 Å². The van der Waals surface area contributed by atoms with Crippen molar-refractivity contribution in [3.05, 3.63) is 24.3 Å². The largest absolute Gasteiger partial charge is 0.298 e. The monoisotopic (exact) mass is 235 g/mol. The third-order valence-corrected chi connectivity index (χ3v) is 1.68. The molecule has 0 saturated carbocycles. The molecule has 0 radical (unpaired) electrons. The lowest BCUT2D eigenvalue weighted by Gasteiger charge is -1.98. The van der Waals surface area contributed by atoms with E-state index in [1.165, 1.54) is 0 Å². The van der Waals surface area contributed by atoms with Gasteiger partial charge in [-0.25, -0.2) is 0 Å². The Morgan fingerprint density at radius 1 is 1.44 bits per heavy atom. The highest BCUT2D eigenvalue weighted by molar-refractivity contribution is 14.1. The number of carbonyl (C=O) groups excluding carboxylic acids is 1. The van der Waals surface area contributed by atoms with Gasteiger partial charge in [-0.1, -0.05) is 24.3 Å². The molecule has 1 aliphatic carbocycles. The minimum atomic E-state index is -0.0399. The molecule has 0 aromatic carbocycles. The van der Waals surface area contributed by atoms with Gasteiger partial charge in [-0.15, -0.1) is 0 Å². The number of carbonyl (C=O) groups is 1. The van der Waals surface area contributed by atoms with Crippen LogP contribution in [-0.4, -0.2) is 5.91 Å². The predicted molar refractivity (Wildman–Crippen MR) is 43.9 cm³/mol. The van der Waals surface area contributed by atoms with Crippen LogP contribution in [0.2, 0.25) is 0 Å². The maximum Gasteiger partial charge on any atom is 0.239 e. The number of amides is 1. The van der Waals surface area contributed by atoms with E-state index in [1.54, 1.807) is 0 Å². The van der Waals surface area contributed by atoms with Crippen molar-refractivity contribution in [2.45, 2.75) is 0 Å². The fourth-order valence-electron chi connectivity index (χ4n) is 0.670. The molecule has 0 aliphatic heterocycles. The van der Waals surface area contributed by atoms with Gasteiger partial charge in [0.15, 0.2) is 0 Å². The summed E-state index contributed by atoms with van der Waals surface area (Å²) < 4.78 is 2.54. The van der Waals surface area contributed by atoms with Gasteiger partial charge >= 0.3 is 0 Å². The standard InChI is InChI=1S/C6H6INO/c7-8-6(9)5-3-1-2-4-5/h1-5H,(H,8,9). The first kappa shape index (κ1) is 6.80. The van der Waals surface area contributed by atoms with E-state index in [0.717, 1.165) is 0 Å². The lowest BCUT2D eigenvalue weighted by molar-refractivity contribution is -0.120. The molecule has 0 aromatic rings. The summed E-state index contributed by atoms with van der Waals surface area (Å²) >= 11 is 1.84. The SMILES string of the molecule is O=C(NI)C1C=CC=C1. The molecule has 1 aliphatic rings. The molecule has 3 heteroatoms. The average molecular weight is 235 g/mol. The molecule has 0 saturated heterocycles. The summed E-state index contributed by atoms with van der Waals surface area (Å²) in [5.41, 5.74) is 0. The second kappa shape index (κ2) is 3.00. The number of allylic oxidation sites excluding steroid dienone is 2. The molecular weight excluding hydrogens is 229 g/mol. The maximum atomic E-state index is 10.8. The molecule has 0 aromatic heterocycles. The topological polar surface area (TPSA) is 29.1 Å². The van der Waals surface area contributed by atoms with Crippen LogP contribution in [0, 0.1) is 5.92 Å². The summed E-state index contributed by atoms with van der Waals surface area (Å²) in [5.74, 6) is 0.00231. The minimum Gasteiger partial charge on any atom is -0.298 e. The fraction of sp³-hybridized carbons (Fsp3) is 0.167. The average Bonchev–Trinajstić information content (AvgIpc) is 2.37. The van der Waals surface area contributed by atoms with Gasteiger partial charge in [0.05, 0.1) is 28.8 Å². The quantitative estimate of drug-likeness (QED) is 0.536. The zero-order valence-corrected chi connectivity index (χ0v) is 6.83. The molecule has 0 fully saturated rings. The van der Waals surface area contributed by atoms with E-state index < -0.39 is 0 Å². The third-order valence-electron chi connectivity index (χ3n) is 1.14. The smallest absolute Gasteiger partial charge is 0.239 e. The lowest BCUT2D eigenvalue weighted by atomic mass is 10.2. The predicted octanol–water partition coefficient (Wildman–Crippen LogP) is 1.19. The third kappa shape index (κ3) is 1.54. The first-order valence-electron chi connectivity index (χ1n) is 2.60. The Balaban J connectivity index is 2.53. The summed E-state index contributed by atoms with van der Waals surface area (Å²) in [6.45, 7) is 0. The lowest BCUT2D eigenvalue weighted by Crippen LogP contribution is -2.18. The number of rotatable bonds is 1. The van der Waals surface area contributed by atoms with Gasteiger partial charge in [-0.2, -0.15) is 0 Å². The van der Waals surface area contributed by atoms with Crippen LogP contribution >= 0.6 is 22.9 Å². The number of nitrogens with one attached hydrogen (secondary N) is 1. The van der Waals surface area contributed by atoms with E-state index >= 15 is 0 Å². The summed E-state index contributed by atoms with van der Waals surface area (Å²) in [7, 11) is 0. The Morgan fingerprint density at radius 2 is 2.00 bits per heavy atom. The van der Waals surface area contributed by atoms with Crippen molar-refractivity contribution in [2.24, 2.45) is 5.92 Å². The van der Waals surface area contributed by atoms with Gasteiger partial charge in [0.25, 0.3) is 0 Å². The second-order valence-corrected chi connectivity index (χ2v) is 2.29. The van der Waals surface area contributed by atoms with Gasteiger partial charge < -0.3 is 0 Å². The highest BCUT2D eigenvalue weighted by Crippen LogP contribution is 2.08. The first-order valence-corrected chi connectivity index (χ1v) is 3.68. The van der Waals surface area contributed by atoms with Crippen LogP contribution in [0.15, 0.2) is 24.3 Å². The zero-order chi connectivity index (χ0) is 6.69. The van der Waals surface area contributed by atoms with Crippen molar-refractivity contribution >= 4 is 28.8 Å². The van der Waals surface area contributed by atoms with Crippen molar-refractivity contribution in [1.29, 1.82) is 0 Å². The van der Waals surface area contributed by atoms with Crippen molar-refractivity contribution in [3.63, 3.8) is 0 Å². The molecule has 1 rings (SSSR count). The fourth-order valence-corrected chi connectivity index (χ4v) is 1.03. The summed E-state index contributed by atoms with van der Waals surface area (Å²) in [4.78, 5) is 10.8. The second-order valence-electron chi connectivity index (χ2n) is 1.75. The number of hydrogen-bond acceptors (Lipinski definition) is 1. The summed E-state index contributed by atoms with van der Waals surface area (Å²) in [6.07, 6.45) is 7.45. The molecule has 48 valence electrons.